The second-order valence-electron chi connectivity index (χ2n) is 15.6. The summed E-state index contributed by atoms with van der Waals surface area (Å²) in [7, 11) is 0. The van der Waals surface area contributed by atoms with Gasteiger partial charge >= 0.3 is 0 Å². The lowest BCUT2D eigenvalue weighted by molar-refractivity contribution is -0.149. The van der Waals surface area contributed by atoms with Gasteiger partial charge in [0.2, 0.25) is 23.6 Å². The lowest BCUT2D eigenvalue weighted by Crippen LogP contribution is -2.66. The molecule has 6 aliphatic heterocycles. The number of para-hydroxylation sites is 2. The van der Waals surface area contributed by atoms with Crippen molar-refractivity contribution in [3.8, 4) is 0 Å². The summed E-state index contributed by atoms with van der Waals surface area (Å²) in [6.07, 6.45) is 6.45. The van der Waals surface area contributed by atoms with Crippen molar-refractivity contribution >= 4 is 35.0 Å². The van der Waals surface area contributed by atoms with Crippen LogP contribution in [0.4, 0.5) is 11.4 Å². The Morgan fingerprint density at radius 1 is 0.580 bits per heavy atom. The molecular weight excluding hydrogens is 628 g/mol. The Balaban J connectivity index is 1.11. The van der Waals surface area contributed by atoms with E-state index in [-0.39, 0.29) is 23.6 Å². The van der Waals surface area contributed by atoms with Crippen molar-refractivity contribution in [3.63, 3.8) is 0 Å². The Morgan fingerprint density at radius 2 is 1.08 bits per heavy atom. The molecule has 10 nitrogen and oxygen atoms in total. The minimum Gasteiger partial charge on any atom is -0.364 e. The molecule has 50 heavy (non-hydrogen) atoms. The van der Waals surface area contributed by atoms with Gasteiger partial charge in [-0.15, -0.1) is 0 Å². The molecule has 8 atom stereocenters. The maximum atomic E-state index is 14.7. The molecule has 3 aromatic rings. The van der Waals surface area contributed by atoms with Gasteiger partial charge in [0.1, 0.15) is 36.5 Å². The number of carbonyl (C=O) groups excluding carboxylic acids is 4. The molecule has 4 N–H and O–H groups in total. The van der Waals surface area contributed by atoms with Crippen LogP contribution >= 0.6 is 0 Å². The first-order valence-corrected chi connectivity index (χ1v) is 18.4. The van der Waals surface area contributed by atoms with Crippen molar-refractivity contribution in [1.29, 1.82) is 0 Å². The number of nitrogens with zero attached hydrogens (tertiary/aromatic N) is 2. The third kappa shape index (κ3) is 3.90. The first kappa shape index (κ1) is 30.0. The number of piperazine rings is 2. The van der Waals surface area contributed by atoms with Crippen LogP contribution in [0.3, 0.4) is 0 Å². The lowest BCUT2D eigenvalue weighted by Gasteiger charge is -2.48. The molecule has 5 fully saturated rings. The zero-order valence-corrected chi connectivity index (χ0v) is 27.9. The first-order valence-electron chi connectivity index (χ1n) is 18.4. The maximum absolute atomic E-state index is 14.7. The van der Waals surface area contributed by atoms with Crippen LogP contribution in [0.1, 0.15) is 68.1 Å². The van der Waals surface area contributed by atoms with Crippen molar-refractivity contribution in [2.24, 2.45) is 5.92 Å². The highest BCUT2D eigenvalue weighted by Crippen LogP contribution is 2.68. The maximum Gasteiger partial charge on any atom is 0.247 e. The third-order valence-electron chi connectivity index (χ3n) is 13.3. The smallest absolute Gasteiger partial charge is 0.247 e. The zero-order chi connectivity index (χ0) is 33.8. The molecular formula is C40H42N6O4. The summed E-state index contributed by atoms with van der Waals surface area (Å²) in [5.41, 5.74) is 3.23. The quantitative estimate of drug-likeness (QED) is 0.328. The molecule has 10 heteroatoms. The van der Waals surface area contributed by atoms with E-state index in [9.17, 15) is 19.2 Å². The highest BCUT2D eigenvalue weighted by Gasteiger charge is 2.78. The minimum absolute atomic E-state index is 0.0352. The number of nitrogens with one attached hydrogen (secondary N) is 4. The van der Waals surface area contributed by atoms with Gasteiger partial charge in [0.25, 0.3) is 0 Å². The number of hydrogen-bond donors (Lipinski definition) is 4. The molecule has 4 amide bonds. The first-order chi connectivity index (χ1) is 24.4. The van der Waals surface area contributed by atoms with Crippen molar-refractivity contribution in [1.82, 2.24) is 20.4 Å². The van der Waals surface area contributed by atoms with Gasteiger partial charge < -0.3 is 31.1 Å². The van der Waals surface area contributed by atoms with E-state index in [1.54, 1.807) is 0 Å². The Kier molecular flexibility index (Phi) is 6.49. The van der Waals surface area contributed by atoms with E-state index in [0.717, 1.165) is 40.9 Å². The van der Waals surface area contributed by atoms with Crippen LogP contribution in [0.15, 0.2) is 78.9 Å². The third-order valence-corrected chi connectivity index (χ3v) is 13.3. The average Bonchev–Trinajstić information content (AvgIpc) is 3.85. The molecule has 0 radical (unpaired) electrons. The van der Waals surface area contributed by atoms with Crippen LogP contribution < -0.4 is 21.3 Å². The Bertz CT molecular complexity index is 1930. The van der Waals surface area contributed by atoms with Crippen LogP contribution in [-0.2, 0) is 36.4 Å². The van der Waals surface area contributed by atoms with E-state index >= 15 is 0 Å². The van der Waals surface area contributed by atoms with Gasteiger partial charge in [-0.3, -0.25) is 19.2 Å². The monoisotopic (exact) mass is 670 g/mol. The van der Waals surface area contributed by atoms with Crippen molar-refractivity contribution < 1.29 is 19.2 Å². The van der Waals surface area contributed by atoms with Gasteiger partial charge in [0.05, 0.1) is 10.8 Å². The molecule has 256 valence electrons. The minimum atomic E-state index is -0.829. The highest BCUT2D eigenvalue weighted by molar-refractivity contribution is 6.01. The van der Waals surface area contributed by atoms with E-state index in [4.69, 9.17) is 0 Å². The van der Waals surface area contributed by atoms with Crippen LogP contribution in [0.2, 0.25) is 0 Å². The Morgan fingerprint density at radius 3 is 1.66 bits per heavy atom. The molecule has 6 heterocycles. The molecule has 0 spiro atoms. The van der Waals surface area contributed by atoms with Crippen molar-refractivity contribution in [3.05, 3.63) is 95.6 Å². The molecule has 1 aliphatic carbocycles. The van der Waals surface area contributed by atoms with Gasteiger partial charge in [-0.25, -0.2) is 0 Å². The Labute approximate surface area is 291 Å². The standard InChI is InChI=1S/C40H42N6O4/c47-33-31-21-39(25-15-7-9-17-27(25)43-37(39)45(31)35(49)29(41-33)19-23-11-3-1-4-12-23)40-22-32-34(48)42-30(20-24-13-5-2-6-14-24)36(50)46(32)38(40)44-28-18-10-8-16-26(28)40/h1,3-4,7-12,15-18,24,29-32,37-38,43-44H,2,5-6,13-14,19-22H2,(H,41,47)(H,42,48). The van der Waals surface area contributed by atoms with Crippen LogP contribution in [0.5, 0.6) is 0 Å². The molecule has 0 aromatic heterocycles. The van der Waals surface area contributed by atoms with Gasteiger partial charge in [-0.05, 0) is 54.0 Å². The van der Waals surface area contributed by atoms with Crippen molar-refractivity contribution in [2.45, 2.75) is 105 Å². The number of fused-ring (bicyclic) bond motifs is 11. The molecule has 3 aromatic carbocycles. The summed E-state index contributed by atoms with van der Waals surface area (Å²) in [6.45, 7) is 0. The summed E-state index contributed by atoms with van der Waals surface area (Å²) in [6, 6.07) is 23.5. The zero-order valence-electron chi connectivity index (χ0n) is 27.9. The number of carbonyl (C=O) groups is 4. The summed E-state index contributed by atoms with van der Waals surface area (Å²) in [5.74, 6) is -0.00783. The Hall–Kier alpha value is -4.86. The van der Waals surface area contributed by atoms with Gasteiger partial charge in [-0.2, -0.15) is 0 Å². The van der Waals surface area contributed by atoms with Gasteiger partial charge in [0, 0.05) is 17.8 Å². The predicted octanol–water partition coefficient (Wildman–Crippen LogP) is 3.78. The highest BCUT2D eigenvalue weighted by atomic mass is 16.2. The van der Waals surface area contributed by atoms with E-state index in [1.165, 1.54) is 19.3 Å². The number of rotatable bonds is 5. The SMILES string of the molecule is O=C1NC(Cc2ccccc2)C(=O)N2C1CC1(C34CC5C(=O)NC(CC6CCCCC6)C(=O)N5C3Nc3ccccc34)c3ccccc3NC21. The average molecular weight is 671 g/mol. The molecule has 7 aliphatic rings. The fraction of sp³-hybridized carbons (Fsp3) is 0.450. The van der Waals surface area contributed by atoms with E-state index in [2.05, 4.69) is 33.4 Å². The fourth-order valence-corrected chi connectivity index (χ4v) is 11.3. The van der Waals surface area contributed by atoms with E-state index in [0.29, 0.717) is 31.6 Å². The van der Waals surface area contributed by atoms with Gasteiger partial charge in [0.15, 0.2) is 0 Å². The number of hydrogen-bond acceptors (Lipinski definition) is 6. The summed E-state index contributed by atoms with van der Waals surface area (Å²) in [4.78, 5) is 61.4. The molecule has 1 saturated carbocycles. The topological polar surface area (TPSA) is 123 Å². The normalized spacial score (nSPS) is 35.2. The number of anilines is 2. The van der Waals surface area contributed by atoms with Crippen LogP contribution in [0, 0.1) is 5.92 Å². The largest absolute Gasteiger partial charge is 0.364 e. The van der Waals surface area contributed by atoms with Gasteiger partial charge in [-0.1, -0.05) is 98.8 Å². The van der Waals surface area contributed by atoms with E-state index < -0.39 is 47.3 Å². The van der Waals surface area contributed by atoms with E-state index in [1.807, 2.05) is 76.5 Å². The summed E-state index contributed by atoms with van der Waals surface area (Å²) >= 11 is 0. The fourth-order valence-electron chi connectivity index (χ4n) is 11.3. The number of amides is 4. The summed E-state index contributed by atoms with van der Waals surface area (Å²) in [5, 5.41) is 13.8. The second kappa shape index (κ2) is 10.8. The lowest BCUT2D eigenvalue weighted by atomic mass is 9.54. The van der Waals surface area contributed by atoms with Crippen molar-refractivity contribution in [2.75, 3.05) is 10.6 Å². The number of benzene rings is 3. The van der Waals surface area contributed by atoms with Crippen LogP contribution in [-0.4, -0.2) is 69.9 Å². The molecule has 0 bridgehead atoms. The second-order valence-corrected chi connectivity index (χ2v) is 15.6. The molecule has 4 saturated heterocycles. The predicted molar refractivity (Wildman–Crippen MR) is 187 cm³/mol. The molecule has 10 rings (SSSR count). The van der Waals surface area contributed by atoms with Crippen LogP contribution in [0.25, 0.3) is 0 Å². The summed E-state index contributed by atoms with van der Waals surface area (Å²) < 4.78 is 0. The molecule has 8 unspecified atom stereocenters.